The molecule has 1 aliphatic rings. The molecule has 0 aromatic carbocycles. The summed E-state index contributed by atoms with van der Waals surface area (Å²) >= 11 is 0. The second kappa shape index (κ2) is 5.88. The number of amides is 2. The molecule has 3 heterocycles. The molecule has 0 unspecified atom stereocenters. The van der Waals surface area contributed by atoms with E-state index in [0.29, 0.717) is 18.7 Å². The molecule has 21 heavy (non-hydrogen) atoms. The summed E-state index contributed by atoms with van der Waals surface area (Å²) in [4.78, 5) is 33.8. The number of aromatic nitrogens is 3. The molecule has 2 amide bonds. The Labute approximate surface area is 121 Å². The molecule has 1 fully saturated rings. The maximum Gasteiger partial charge on any atom is 0.271 e. The number of carbonyl (C=O) groups excluding carboxylic acids is 2. The Morgan fingerprint density at radius 2 is 2.14 bits per heavy atom. The van der Waals surface area contributed by atoms with E-state index in [4.69, 9.17) is 0 Å². The standard InChI is InChI=1S/C13H16N6O2/c20-12(18-4-1-14-2-5-18)8-16-13(21)10-9-19-6-3-15-7-11(19)17-10/h3,6-7,9,14H,1-2,4-5,8H2,(H,16,21). The summed E-state index contributed by atoms with van der Waals surface area (Å²) in [7, 11) is 0. The summed E-state index contributed by atoms with van der Waals surface area (Å²) in [6.45, 7) is 2.92. The first-order valence-electron chi connectivity index (χ1n) is 6.79. The molecular formula is C13H16N6O2. The van der Waals surface area contributed by atoms with Crippen molar-refractivity contribution in [2.24, 2.45) is 0 Å². The van der Waals surface area contributed by atoms with Crippen LogP contribution in [0.15, 0.2) is 24.8 Å². The van der Waals surface area contributed by atoms with E-state index in [2.05, 4.69) is 20.6 Å². The fraction of sp³-hybridized carbons (Fsp3) is 0.385. The summed E-state index contributed by atoms with van der Waals surface area (Å²) in [5.74, 6) is -0.433. The second-order valence-electron chi connectivity index (χ2n) is 4.78. The van der Waals surface area contributed by atoms with Crippen molar-refractivity contribution in [3.63, 3.8) is 0 Å². The van der Waals surface area contributed by atoms with Gasteiger partial charge in [0.05, 0.1) is 12.7 Å². The lowest BCUT2D eigenvalue weighted by Gasteiger charge is -2.27. The van der Waals surface area contributed by atoms with Crippen molar-refractivity contribution in [3.8, 4) is 0 Å². The molecule has 110 valence electrons. The van der Waals surface area contributed by atoms with Gasteiger partial charge in [-0.05, 0) is 0 Å². The van der Waals surface area contributed by atoms with Crippen LogP contribution in [0.1, 0.15) is 10.5 Å². The first-order valence-corrected chi connectivity index (χ1v) is 6.79. The highest BCUT2D eigenvalue weighted by molar-refractivity contribution is 5.95. The summed E-state index contributed by atoms with van der Waals surface area (Å²) in [6.07, 6.45) is 6.51. The van der Waals surface area contributed by atoms with Crippen LogP contribution in [0.3, 0.4) is 0 Å². The molecule has 1 saturated heterocycles. The van der Waals surface area contributed by atoms with Crippen LogP contribution in [0.25, 0.3) is 5.65 Å². The highest BCUT2D eigenvalue weighted by atomic mass is 16.2. The Hall–Kier alpha value is -2.48. The number of piperazine rings is 1. The zero-order valence-electron chi connectivity index (χ0n) is 11.5. The molecule has 2 aromatic heterocycles. The van der Waals surface area contributed by atoms with Crippen LogP contribution >= 0.6 is 0 Å². The smallest absolute Gasteiger partial charge is 0.271 e. The Morgan fingerprint density at radius 3 is 2.90 bits per heavy atom. The lowest BCUT2D eigenvalue weighted by molar-refractivity contribution is -0.130. The molecule has 0 aliphatic carbocycles. The van der Waals surface area contributed by atoms with Crippen molar-refractivity contribution in [1.82, 2.24) is 29.9 Å². The molecule has 0 saturated carbocycles. The predicted molar refractivity (Wildman–Crippen MR) is 74.8 cm³/mol. The average Bonchev–Trinajstić information content (AvgIpc) is 2.97. The lowest BCUT2D eigenvalue weighted by Crippen LogP contribution is -2.49. The Balaban J connectivity index is 1.59. The predicted octanol–water partition coefficient (Wildman–Crippen LogP) is -1.11. The third kappa shape index (κ3) is 3.00. The van der Waals surface area contributed by atoms with E-state index in [1.165, 1.54) is 0 Å². The van der Waals surface area contributed by atoms with Crippen LogP contribution in [-0.4, -0.2) is 63.8 Å². The highest BCUT2D eigenvalue weighted by Gasteiger charge is 2.18. The van der Waals surface area contributed by atoms with Crippen molar-refractivity contribution in [2.75, 3.05) is 32.7 Å². The van der Waals surface area contributed by atoms with Crippen LogP contribution < -0.4 is 10.6 Å². The van der Waals surface area contributed by atoms with E-state index in [-0.39, 0.29) is 24.1 Å². The third-order valence-electron chi connectivity index (χ3n) is 3.37. The second-order valence-corrected chi connectivity index (χ2v) is 4.78. The van der Waals surface area contributed by atoms with Gasteiger partial charge in [0.1, 0.15) is 5.69 Å². The molecular weight excluding hydrogens is 272 g/mol. The van der Waals surface area contributed by atoms with E-state index in [9.17, 15) is 9.59 Å². The van der Waals surface area contributed by atoms with Gasteiger partial charge in [-0.1, -0.05) is 0 Å². The number of imidazole rings is 1. The molecule has 3 rings (SSSR count). The molecule has 0 atom stereocenters. The van der Waals surface area contributed by atoms with Gasteiger partial charge < -0.3 is 19.9 Å². The van der Waals surface area contributed by atoms with E-state index >= 15 is 0 Å². The number of hydrogen-bond donors (Lipinski definition) is 2. The van der Waals surface area contributed by atoms with E-state index in [1.807, 2.05) is 0 Å². The largest absolute Gasteiger partial charge is 0.342 e. The van der Waals surface area contributed by atoms with Crippen LogP contribution in [0.4, 0.5) is 0 Å². The Morgan fingerprint density at radius 1 is 1.33 bits per heavy atom. The molecule has 2 N–H and O–H groups in total. The first kappa shape index (κ1) is 13.5. The fourth-order valence-electron chi connectivity index (χ4n) is 2.22. The van der Waals surface area contributed by atoms with Crippen molar-refractivity contribution >= 4 is 17.5 Å². The average molecular weight is 288 g/mol. The third-order valence-corrected chi connectivity index (χ3v) is 3.37. The number of rotatable bonds is 3. The Bertz CT molecular complexity index is 628. The fourth-order valence-corrected chi connectivity index (χ4v) is 2.22. The molecule has 1 aliphatic heterocycles. The minimum Gasteiger partial charge on any atom is -0.342 e. The monoisotopic (exact) mass is 288 g/mol. The zero-order valence-corrected chi connectivity index (χ0v) is 11.5. The first-order chi connectivity index (χ1) is 10.2. The van der Waals surface area contributed by atoms with E-state index in [1.54, 1.807) is 34.1 Å². The topological polar surface area (TPSA) is 91.6 Å². The Kier molecular flexibility index (Phi) is 3.78. The van der Waals surface area contributed by atoms with Crippen molar-refractivity contribution in [2.45, 2.75) is 0 Å². The molecule has 8 heteroatoms. The highest BCUT2D eigenvalue weighted by Crippen LogP contribution is 2.02. The van der Waals surface area contributed by atoms with Crippen LogP contribution in [0.2, 0.25) is 0 Å². The van der Waals surface area contributed by atoms with E-state index in [0.717, 1.165) is 13.1 Å². The van der Waals surface area contributed by atoms with Gasteiger partial charge in [-0.25, -0.2) is 4.98 Å². The van der Waals surface area contributed by atoms with Gasteiger partial charge in [-0.15, -0.1) is 0 Å². The van der Waals surface area contributed by atoms with Crippen LogP contribution in [0, 0.1) is 0 Å². The van der Waals surface area contributed by atoms with E-state index < -0.39 is 0 Å². The lowest BCUT2D eigenvalue weighted by atomic mass is 10.3. The summed E-state index contributed by atoms with van der Waals surface area (Å²) in [6, 6.07) is 0. The van der Waals surface area contributed by atoms with Gasteiger partial charge in [0, 0.05) is 44.8 Å². The zero-order chi connectivity index (χ0) is 14.7. The number of carbonyl (C=O) groups is 2. The minimum atomic E-state index is -0.359. The maximum absolute atomic E-state index is 12.0. The number of nitrogens with one attached hydrogen (secondary N) is 2. The summed E-state index contributed by atoms with van der Waals surface area (Å²) in [5.41, 5.74) is 0.868. The van der Waals surface area contributed by atoms with Crippen molar-refractivity contribution in [1.29, 1.82) is 0 Å². The number of hydrogen-bond acceptors (Lipinski definition) is 5. The quantitative estimate of drug-likeness (QED) is 0.747. The van der Waals surface area contributed by atoms with Gasteiger partial charge in [-0.3, -0.25) is 14.6 Å². The van der Waals surface area contributed by atoms with Crippen LogP contribution in [-0.2, 0) is 4.79 Å². The SMILES string of the molecule is O=C(NCC(=O)N1CCNCC1)c1cn2ccncc2n1. The van der Waals surface area contributed by atoms with Gasteiger partial charge in [0.25, 0.3) is 5.91 Å². The molecule has 0 bridgehead atoms. The van der Waals surface area contributed by atoms with Gasteiger partial charge >= 0.3 is 0 Å². The normalized spacial score (nSPS) is 15.1. The number of nitrogens with zero attached hydrogens (tertiary/aromatic N) is 4. The summed E-state index contributed by atoms with van der Waals surface area (Å²) < 4.78 is 1.71. The number of fused-ring (bicyclic) bond motifs is 1. The van der Waals surface area contributed by atoms with Crippen molar-refractivity contribution in [3.05, 3.63) is 30.5 Å². The summed E-state index contributed by atoms with van der Waals surface area (Å²) in [5, 5.41) is 5.79. The molecule has 0 spiro atoms. The minimum absolute atomic E-state index is 0.00897. The van der Waals surface area contributed by atoms with Gasteiger partial charge in [-0.2, -0.15) is 0 Å². The molecule has 0 radical (unpaired) electrons. The van der Waals surface area contributed by atoms with Crippen molar-refractivity contribution < 1.29 is 9.59 Å². The molecule has 8 nitrogen and oxygen atoms in total. The van der Waals surface area contributed by atoms with Crippen LogP contribution in [0.5, 0.6) is 0 Å². The maximum atomic E-state index is 12.0. The molecule has 2 aromatic rings. The van der Waals surface area contributed by atoms with Gasteiger partial charge in [0.2, 0.25) is 5.91 Å². The van der Waals surface area contributed by atoms with Gasteiger partial charge in [0.15, 0.2) is 5.65 Å².